The van der Waals surface area contributed by atoms with Crippen LogP contribution in [0.1, 0.15) is 12.5 Å². The minimum atomic E-state index is 0.0442. The largest absolute Gasteiger partial charge is 0.502 e. The van der Waals surface area contributed by atoms with E-state index in [9.17, 15) is 5.11 Å². The summed E-state index contributed by atoms with van der Waals surface area (Å²) in [5, 5.41) is 14.2. The number of hydrogen-bond donors (Lipinski definition) is 2. The Kier molecular flexibility index (Phi) is 5.31. The second-order valence-corrected chi connectivity index (χ2v) is 5.13. The van der Waals surface area contributed by atoms with E-state index in [2.05, 4.69) is 5.32 Å². The number of aromatic nitrogens is 1. The first-order valence-corrected chi connectivity index (χ1v) is 7.36. The van der Waals surface area contributed by atoms with Crippen LogP contribution in [0.15, 0.2) is 54.9 Å². The van der Waals surface area contributed by atoms with Gasteiger partial charge in [0.25, 0.3) is 5.70 Å². The van der Waals surface area contributed by atoms with Crippen LogP contribution in [0.4, 0.5) is 0 Å². The van der Waals surface area contributed by atoms with E-state index in [4.69, 9.17) is 23.8 Å². The van der Waals surface area contributed by atoms with Gasteiger partial charge in [0.05, 0.1) is 5.02 Å². The lowest BCUT2D eigenvalue weighted by atomic mass is 10.1. The van der Waals surface area contributed by atoms with Crippen LogP contribution in [-0.4, -0.2) is 16.6 Å². The number of likely N-dealkylation sites (N-methyl/N-ethyl adjacent to an activating group) is 1. The first-order valence-electron chi connectivity index (χ1n) is 6.58. The summed E-state index contributed by atoms with van der Waals surface area (Å²) in [6, 6.07) is 12.8. The zero-order valence-electron chi connectivity index (χ0n) is 11.6. The summed E-state index contributed by atoms with van der Waals surface area (Å²) in [6.45, 7) is 2.62. The highest BCUT2D eigenvalue weighted by Gasteiger charge is 2.23. The Labute approximate surface area is 134 Å². The fourth-order valence-corrected chi connectivity index (χ4v) is 2.49. The Balaban J connectivity index is 2.61. The van der Waals surface area contributed by atoms with Crippen LogP contribution in [0.5, 0.6) is 0 Å². The Hall–Kier alpha value is -1.91. The standard InChI is InChI=1S/C16H15ClN2OS/c1-2-18-16(21)14(19-10-6-3-7-11-19)15(20)12-8-4-5-9-13(12)17/h3-11H,2H2,1H3,(H-,18,20,21)/p+1. The lowest BCUT2D eigenvalue weighted by Gasteiger charge is -2.09. The van der Waals surface area contributed by atoms with E-state index < -0.39 is 0 Å². The molecule has 1 aromatic heterocycles. The fourth-order valence-electron chi connectivity index (χ4n) is 1.92. The number of halogens is 1. The Morgan fingerprint density at radius 3 is 2.48 bits per heavy atom. The minimum absolute atomic E-state index is 0.0442. The van der Waals surface area contributed by atoms with E-state index in [1.165, 1.54) is 0 Å². The van der Waals surface area contributed by atoms with Crippen molar-refractivity contribution in [2.24, 2.45) is 0 Å². The normalized spacial score (nSPS) is 11.7. The molecular formula is C16H16ClN2OS+. The van der Waals surface area contributed by atoms with Crippen LogP contribution in [0.3, 0.4) is 0 Å². The summed E-state index contributed by atoms with van der Waals surface area (Å²) in [7, 11) is 0. The molecule has 5 heteroatoms. The fraction of sp³-hybridized carbons (Fsp3) is 0.125. The molecule has 0 aliphatic heterocycles. The molecule has 2 rings (SSSR count). The first-order chi connectivity index (χ1) is 10.1. The van der Waals surface area contributed by atoms with E-state index in [1.54, 1.807) is 16.7 Å². The van der Waals surface area contributed by atoms with Gasteiger partial charge in [-0.3, -0.25) is 0 Å². The summed E-state index contributed by atoms with van der Waals surface area (Å²) in [5.41, 5.74) is 1.05. The van der Waals surface area contributed by atoms with E-state index in [0.717, 1.165) is 0 Å². The van der Waals surface area contributed by atoms with Gasteiger partial charge in [0.2, 0.25) is 5.76 Å². The number of benzene rings is 1. The van der Waals surface area contributed by atoms with Crippen molar-refractivity contribution < 1.29 is 9.67 Å². The number of nitrogens with zero attached hydrogens (tertiary/aromatic N) is 1. The first kappa shape index (κ1) is 15.5. The van der Waals surface area contributed by atoms with Crippen molar-refractivity contribution in [1.29, 1.82) is 0 Å². The van der Waals surface area contributed by atoms with Crippen LogP contribution in [-0.2, 0) is 0 Å². The van der Waals surface area contributed by atoms with Gasteiger partial charge in [-0.15, -0.1) is 0 Å². The Morgan fingerprint density at radius 2 is 1.86 bits per heavy atom. The zero-order chi connectivity index (χ0) is 15.2. The molecule has 0 aliphatic carbocycles. The highest BCUT2D eigenvalue weighted by Crippen LogP contribution is 2.24. The van der Waals surface area contributed by atoms with Crippen molar-refractivity contribution >= 4 is 40.3 Å². The number of aliphatic hydroxyl groups excluding tert-OH is 1. The molecule has 3 nitrogen and oxygen atoms in total. The monoisotopic (exact) mass is 319 g/mol. The lowest BCUT2D eigenvalue weighted by Crippen LogP contribution is -2.40. The summed E-state index contributed by atoms with van der Waals surface area (Å²) < 4.78 is 1.77. The molecule has 0 unspecified atom stereocenters. The molecule has 0 saturated heterocycles. The predicted octanol–water partition coefficient (Wildman–Crippen LogP) is 3.45. The Bertz CT molecular complexity index is 671. The number of aliphatic hydroxyl groups is 1. The van der Waals surface area contributed by atoms with E-state index in [-0.39, 0.29) is 5.76 Å². The van der Waals surface area contributed by atoms with E-state index in [0.29, 0.717) is 27.8 Å². The predicted molar refractivity (Wildman–Crippen MR) is 90.1 cm³/mol. The van der Waals surface area contributed by atoms with Gasteiger partial charge in [0.1, 0.15) is 0 Å². The van der Waals surface area contributed by atoms with E-state index >= 15 is 0 Å². The van der Waals surface area contributed by atoms with Crippen molar-refractivity contribution in [3.8, 4) is 0 Å². The number of thiocarbonyl (C=S) groups is 1. The summed E-state index contributed by atoms with van der Waals surface area (Å²) in [5.74, 6) is 0.0442. The molecule has 2 N–H and O–H groups in total. The molecule has 21 heavy (non-hydrogen) atoms. The van der Waals surface area contributed by atoms with Crippen LogP contribution < -0.4 is 9.88 Å². The van der Waals surface area contributed by atoms with Gasteiger partial charge in [-0.1, -0.05) is 42.0 Å². The second-order valence-electron chi connectivity index (χ2n) is 4.32. The molecule has 0 atom stereocenters. The van der Waals surface area contributed by atoms with Gasteiger partial charge in [0, 0.05) is 24.2 Å². The van der Waals surface area contributed by atoms with Crippen LogP contribution in [0.25, 0.3) is 11.5 Å². The molecule has 0 aliphatic rings. The average Bonchev–Trinajstić information content (AvgIpc) is 2.49. The van der Waals surface area contributed by atoms with Gasteiger partial charge >= 0.3 is 0 Å². The number of hydrogen-bond acceptors (Lipinski definition) is 2. The van der Waals surface area contributed by atoms with Crippen molar-refractivity contribution in [3.05, 3.63) is 65.4 Å². The molecule has 0 saturated carbocycles. The van der Waals surface area contributed by atoms with Crippen molar-refractivity contribution in [2.45, 2.75) is 6.92 Å². The summed E-state index contributed by atoms with van der Waals surface area (Å²) >= 11 is 11.5. The maximum Gasteiger partial charge on any atom is 0.288 e. The van der Waals surface area contributed by atoms with Crippen molar-refractivity contribution in [3.63, 3.8) is 0 Å². The molecule has 0 bridgehead atoms. The molecule has 1 aromatic carbocycles. The van der Waals surface area contributed by atoms with E-state index in [1.807, 2.05) is 49.6 Å². The van der Waals surface area contributed by atoms with Crippen LogP contribution in [0, 0.1) is 0 Å². The highest BCUT2D eigenvalue weighted by atomic mass is 35.5. The second kappa shape index (κ2) is 7.20. The highest BCUT2D eigenvalue weighted by molar-refractivity contribution is 7.81. The van der Waals surface area contributed by atoms with Gasteiger partial charge < -0.3 is 10.4 Å². The topological polar surface area (TPSA) is 36.1 Å². The van der Waals surface area contributed by atoms with Crippen LogP contribution >= 0.6 is 23.8 Å². The molecule has 0 spiro atoms. The van der Waals surface area contributed by atoms with Crippen molar-refractivity contribution in [2.75, 3.05) is 6.54 Å². The third-order valence-electron chi connectivity index (χ3n) is 2.88. The SMILES string of the molecule is CCNC(=S)/C(=C(\O)c1ccccc1Cl)[n+]1ccccc1. The summed E-state index contributed by atoms with van der Waals surface area (Å²) in [6.07, 6.45) is 3.65. The van der Waals surface area contributed by atoms with Gasteiger partial charge in [0.15, 0.2) is 17.4 Å². The third kappa shape index (κ3) is 3.60. The number of pyridine rings is 1. The van der Waals surface area contributed by atoms with Gasteiger partial charge in [-0.2, -0.15) is 4.57 Å². The van der Waals surface area contributed by atoms with Crippen molar-refractivity contribution in [1.82, 2.24) is 5.32 Å². The molecular weight excluding hydrogens is 304 g/mol. The third-order valence-corrected chi connectivity index (χ3v) is 3.55. The van der Waals surface area contributed by atoms with Gasteiger partial charge in [-0.05, 0) is 19.1 Å². The van der Waals surface area contributed by atoms with Gasteiger partial charge in [-0.25, -0.2) is 0 Å². The minimum Gasteiger partial charge on any atom is -0.502 e. The quantitative estimate of drug-likeness (QED) is 0.392. The lowest BCUT2D eigenvalue weighted by molar-refractivity contribution is -0.576. The molecule has 1 heterocycles. The summed E-state index contributed by atoms with van der Waals surface area (Å²) in [4.78, 5) is 0.464. The maximum atomic E-state index is 10.7. The zero-order valence-corrected chi connectivity index (χ0v) is 13.2. The smallest absolute Gasteiger partial charge is 0.288 e. The Morgan fingerprint density at radius 1 is 1.19 bits per heavy atom. The molecule has 108 valence electrons. The number of rotatable bonds is 4. The average molecular weight is 320 g/mol. The number of nitrogens with one attached hydrogen (secondary N) is 1. The molecule has 0 radical (unpaired) electrons. The van der Waals surface area contributed by atoms with Crippen LogP contribution in [0.2, 0.25) is 5.02 Å². The molecule has 0 fully saturated rings. The molecule has 0 amide bonds. The molecule has 2 aromatic rings. The maximum absolute atomic E-state index is 10.7.